The van der Waals surface area contributed by atoms with Crippen LogP contribution in [0.15, 0.2) is 67.5 Å². The number of nitrogens with one attached hydrogen (secondary N) is 1. The third-order valence-electron chi connectivity index (χ3n) is 8.25. The number of nitrogens with zero attached hydrogens (tertiary/aromatic N) is 6. The number of amides is 1. The number of hydrogen-bond donors (Lipinski definition) is 2. The van der Waals surface area contributed by atoms with Gasteiger partial charge in [0.1, 0.15) is 23.6 Å². The van der Waals surface area contributed by atoms with Gasteiger partial charge < -0.3 is 20.7 Å². The molecule has 2 aliphatic rings. The highest BCUT2D eigenvalue weighted by Crippen LogP contribution is 2.39. The van der Waals surface area contributed by atoms with Gasteiger partial charge in [-0.1, -0.05) is 24.8 Å². The summed E-state index contributed by atoms with van der Waals surface area (Å²) in [6.07, 6.45) is 7.06. The van der Waals surface area contributed by atoms with Crippen LogP contribution in [-0.4, -0.2) is 74.7 Å². The first kappa shape index (κ1) is 26.9. The molecule has 10 nitrogen and oxygen atoms in total. The average molecular weight is 553 g/mol. The SMILES string of the molecule is C=CC(=O)Nc1cc(-c2nn(C3CCC(N4CCN(C)CC4)CC3)c3ncnc(N)c23)ccc1Oc1ccccc1. The van der Waals surface area contributed by atoms with Crippen LogP contribution in [0.4, 0.5) is 11.5 Å². The molecule has 1 saturated carbocycles. The minimum atomic E-state index is -0.338. The zero-order valence-corrected chi connectivity index (χ0v) is 23.4. The van der Waals surface area contributed by atoms with E-state index < -0.39 is 0 Å². The third-order valence-corrected chi connectivity index (χ3v) is 8.25. The zero-order valence-electron chi connectivity index (χ0n) is 23.4. The molecule has 41 heavy (non-hydrogen) atoms. The van der Waals surface area contributed by atoms with E-state index >= 15 is 0 Å². The number of hydrogen-bond acceptors (Lipinski definition) is 8. The summed E-state index contributed by atoms with van der Waals surface area (Å²) in [4.78, 5) is 26.3. The number of rotatable bonds is 7. The Balaban J connectivity index is 1.32. The molecule has 1 saturated heterocycles. The summed E-state index contributed by atoms with van der Waals surface area (Å²) < 4.78 is 8.13. The molecule has 3 heterocycles. The Morgan fingerprint density at radius 3 is 2.49 bits per heavy atom. The van der Waals surface area contributed by atoms with Gasteiger partial charge in [0.15, 0.2) is 11.4 Å². The van der Waals surface area contributed by atoms with E-state index in [0.29, 0.717) is 40.1 Å². The fourth-order valence-electron chi connectivity index (χ4n) is 5.97. The molecule has 0 atom stereocenters. The maximum atomic E-state index is 12.3. The summed E-state index contributed by atoms with van der Waals surface area (Å²) in [5, 5.41) is 8.68. The van der Waals surface area contributed by atoms with Crippen LogP contribution in [0.5, 0.6) is 11.5 Å². The molecule has 4 aromatic rings. The number of carbonyl (C=O) groups is 1. The number of likely N-dealkylation sites (N-methyl/N-ethyl adjacent to an activating group) is 1. The highest BCUT2D eigenvalue weighted by atomic mass is 16.5. The number of aromatic nitrogens is 4. The van der Waals surface area contributed by atoms with E-state index in [4.69, 9.17) is 15.6 Å². The molecule has 0 bridgehead atoms. The van der Waals surface area contributed by atoms with Crippen molar-refractivity contribution in [1.82, 2.24) is 29.5 Å². The second-order valence-electron chi connectivity index (χ2n) is 10.9. The number of nitrogen functional groups attached to an aromatic ring is 1. The van der Waals surface area contributed by atoms with Crippen molar-refractivity contribution in [3.05, 3.63) is 67.5 Å². The molecule has 0 spiro atoms. The zero-order chi connectivity index (χ0) is 28.3. The van der Waals surface area contributed by atoms with E-state index in [1.54, 1.807) is 0 Å². The maximum absolute atomic E-state index is 12.3. The predicted octanol–water partition coefficient (Wildman–Crippen LogP) is 4.72. The van der Waals surface area contributed by atoms with Crippen molar-refractivity contribution in [3.8, 4) is 22.8 Å². The van der Waals surface area contributed by atoms with Gasteiger partial charge >= 0.3 is 0 Å². The molecule has 2 fully saturated rings. The molecule has 212 valence electrons. The van der Waals surface area contributed by atoms with Crippen molar-refractivity contribution in [2.45, 2.75) is 37.8 Å². The molecule has 2 aromatic carbocycles. The number of para-hydroxylation sites is 1. The largest absolute Gasteiger partial charge is 0.455 e. The summed E-state index contributed by atoms with van der Waals surface area (Å²) in [6.45, 7) is 8.13. The van der Waals surface area contributed by atoms with Crippen LogP contribution in [-0.2, 0) is 4.79 Å². The van der Waals surface area contributed by atoms with Crippen LogP contribution in [0.3, 0.4) is 0 Å². The molecule has 0 unspecified atom stereocenters. The van der Waals surface area contributed by atoms with Gasteiger partial charge in [-0.05, 0) is 69.1 Å². The van der Waals surface area contributed by atoms with Crippen molar-refractivity contribution in [1.29, 1.82) is 0 Å². The molecular weight excluding hydrogens is 516 g/mol. The number of fused-ring (bicyclic) bond motifs is 1. The minimum absolute atomic E-state index is 0.227. The molecule has 2 aromatic heterocycles. The smallest absolute Gasteiger partial charge is 0.247 e. The Morgan fingerprint density at radius 2 is 1.76 bits per heavy atom. The number of nitrogens with two attached hydrogens (primary N) is 1. The van der Waals surface area contributed by atoms with E-state index in [1.807, 2.05) is 53.2 Å². The second-order valence-corrected chi connectivity index (χ2v) is 10.9. The Hall–Kier alpha value is -4.28. The molecule has 3 N–H and O–H groups in total. The van der Waals surface area contributed by atoms with Crippen LogP contribution in [0.25, 0.3) is 22.3 Å². The van der Waals surface area contributed by atoms with E-state index in [0.717, 1.165) is 63.1 Å². The molecule has 1 amide bonds. The highest BCUT2D eigenvalue weighted by molar-refractivity contribution is 6.02. The minimum Gasteiger partial charge on any atom is -0.455 e. The van der Waals surface area contributed by atoms with E-state index in [2.05, 4.69) is 38.7 Å². The summed E-state index contributed by atoms with van der Waals surface area (Å²) in [5.74, 6) is 1.21. The summed E-state index contributed by atoms with van der Waals surface area (Å²) in [5.41, 5.74) is 9.11. The van der Waals surface area contributed by atoms with E-state index in [9.17, 15) is 4.79 Å². The quantitative estimate of drug-likeness (QED) is 0.317. The van der Waals surface area contributed by atoms with Gasteiger partial charge in [-0.15, -0.1) is 0 Å². The molecule has 1 aliphatic carbocycles. The number of benzene rings is 2. The predicted molar refractivity (Wildman–Crippen MR) is 161 cm³/mol. The Kier molecular flexibility index (Phi) is 7.67. The van der Waals surface area contributed by atoms with Gasteiger partial charge in [-0.25, -0.2) is 14.6 Å². The standard InChI is InChI=1S/C31H36N8O2/c1-3-27(40)35-25-19-21(9-14-26(25)41-24-7-5-4-6-8-24)29-28-30(32)33-20-34-31(28)39(36-29)23-12-10-22(11-13-23)38-17-15-37(2)16-18-38/h3-9,14,19-20,22-23H,1,10-13,15-18H2,2H3,(H,35,40)(H2,32,33,34). The van der Waals surface area contributed by atoms with Gasteiger partial charge in [0.05, 0.1) is 17.1 Å². The molecule has 1 aliphatic heterocycles. The molecular formula is C31H36N8O2. The third kappa shape index (κ3) is 5.66. The second kappa shape index (κ2) is 11.7. The van der Waals surface area contributed by atoms with Crippen molar-refractivity contribution >= 4 is 28.4 Å². The molecule has 6 rings (SSSR count). The van der Waals surface area contributed by atoms with Crippen LogP contribution in [0, 0.1) is 0 Å². The lowest BCUT2D eigenvalue weighted by Crippen LogP contribution is -2.49. The fourth-order valence-corrected chi connectivity index (χ4v) is 5.97. The van der Waals surface area contributed by atoms with E-state index in [1.165, 1.54) is 12.4 Å². The maximum Gasteiger partial charge on any atom is 0.247 e. The van der Waals surface area contributed by atoms with Gasteiger partial charge in [-0.3, -0.25) is 9.69 Å². The first-order valence-electron chi connectivity index (χ1n) is 14.2. The highest BCUT2D eigenvalue weighted by Gasteiger charge is 2.31. The monoisotopic (exact) mass is 552 g/mol. The first-order chi connectivity index (χ1) is 20.0. The lowest BCUT2D eigenvalue weighted by Gasteiger charge is -2.41. The Morgan fingerprint density at radius 1 is 1.02 bits per heavy atom. The number of ether oxygens (including phenoxy) is 1. The van der Waals surface area contributed by atoms with Crippen molar-refractivity contribution in [3.63, 3.8) is 0 Å². The van der Waals surface area contributed by atoms with Gasteiger partial charge in [0, 0.05) is 37.8 Å². The van der Waals surface area contributed by atoms with Gasteiger partial charge in [0.2, 0.25) is 5.91 Å². The van der Waals surface area contributed by atoms with Gasteiger partial charge in [0.25, 0.3) is 0 Å². The van der Waals surface area contributed by atoms with Gasteiger partial charge in [-0.2, -0.15) is 5.10 Å². The molecule has 10 heteroatoms. The van der Waals surface area contributed by atoms with Crippen molar-refractivity contribution in [2.24, 2.45) is 0 Å². The van der Waals surface area contributed by atoms with Crippen LogP contribution >= 0.6 is 0 Å². The van der Waals surface area contributed by atoms with Crippen molar-refractivity contribution < 1.29 is 9.53 Å². The summed E-state index contributed by atoms with van der Waals surface area (Å²) in [7, 11) is 2.20. The number of anilines is 2. The van der Waals surface area contributed by atoms with Crippen LogP contribution in [0.2, 0.25) is 0 Å². The number of carbonyl (C=O) groups excluding carboxylic acids is 1. The number of piperazine rings is 1. The average Bonchev–Trinajstić information content (AvgIpc) is 3.40. The molecule has 0 radical (unpaired) electrons. The van der Waals surface area contributed by atoms with Crippen LogP contribution in [0.1, 0.15) is 31.7 Å². The summed E-state index contributed by atoms with van der Waals surface area (Å²) in [6, 6.07) is 15.9. The lowest BCUT2D eigenvalue weighted by molar-refractivity contribution is -0.111. The Labute approximate surface area is 239 Å². The van der Waals surface area contributed by atoms with Crippen molar-refractivity contribution in [2.75, 3.05) is 44.3 Å². The summed E-state index contributed by atoms with van der Waals surface area (Å²) >= 11 is 0. The topological polar surface area (TPSA) is 114 Å². The fraction of sp³-hybridized carbons (Fsp3) is 0.355. The first-order valence-corrected chi connectivity index (χ1v) is 14.2. The lowest BCUT2D eigenvalue weighted by atomic mass is 9.90. The van der Waals surface area contributed by atoms with Crippen LogP contribution < -0.4 is 15.8 Å². The normalized spacial score (nSPS) is 20.1. The Bertz CT molecular complexity index is 1540. The van der Waals surface area contributed by atoms with E-state index in [-0.39, 0.29) is 11.9 Å².